The van der Waals surface area contributed by atoms with Gasteiger partial charge in [-0.15, -0.1) is 0 Å². The van der Waals surface area contributed by atoms with Gasteiger partial charge in [-0.3, -0.25) is 0 Å². The lowest BCUT2D eigenvalue weighted by molar-refractivity contribution is 1.17. The fourth-order valence-corrected chi connectivity index (χ4v) is 7.68. The van der Waals surface area contributed by atoms with Gasteiger partial charge in [0, 0.05) is 55.3 Å². The monoisotopic (exact) mass is 581 g/mol. The SMILES string of the molecule is [2H][2H].[2H][2H].c1ccc(-n2c3ccccc3c3c2c2c4ccccc4n(-c4ccccc4)c2c2c4ccccc4n(-c4ccccc4)c32)cc1. The van der Waals surface area contributed by atoms with Crippen molar-refractivity contribution in [2.24, 2.45) is 0 Å². The fraction of sp³-hybridized carbons (Fsp3) is 0. The zero-order valence-corrected chi connectivity index (χ0v) is 24.4. The van der Waals surface area contributed by atoms with Gasteiger partial charge in [0.05, 0.1) is 33.1 Å². The molecule has 0 fully saturated rings. The first-order valence-electron chi connectivity index (χ1n) is 17.5. The van der Waals surface area contributed by atoms with E-state index in [9.17, 15) is 0 Å². The summed E-state index contributed by atoms with van der Waals surface area (Å²) >= 11 is 0. The lowest BCUT2D eigenvalue weighted by Gasteiger charge is -2.13. The summed E-state index contributed by atoms with van der Waals surface area (Å²) in [4.78, 5) is 0. The van der Waals surface area contributed by atoms with Crippen molar-refractivity contribution in [1.29, 1.82) is 0 Å². The average Bonchev–Trinajstić information content (AvgIpc) is 3.83. The van der Waals surface area contributed by atoms with Crippen LogP contribution in [0.15, 0.2) is 164 Å². The molecule has 45 heavy (non-hydrogen) atoms. The molecule has 10 rings (SSSR count). The van der Waals surface area contributed by atoms with Crippen LogP contribution in [0.25, 0.3) is 82.5 Å². The standard InChI is InChI=1S/C42H27N3.2H2/c1-4-16-28(17-5-1)43-34-25-13-10-22-31(34)37-40(43)38-32-23-11-14-26-35(32)44(29-18-6-2-7-19-29)42(38)39-33-24-12-15-27-36(33)45(41(37)39)30-20-8-3-9-21-30;;/h1-27H;2*1H/i;2*1+1D. The Morgan fingerprint density at radius 1 is 0.289 bits per heavy atom. The zero-order chi connectivity index (χ0) is 33.5. The number of rotatable bonds is 3. The van der Waals surface area contributed by atoms with Crippen LogP contribution in [0.4, 0.5) is 0 Å². The molecule has 3 heteroatoms. The minimum absolute atomic E-state index is 1.16. The van der Waals surface area contributed by atoms with Gasteiger partial charge in [0.15, 0.2) is 0 Å². The van der Waals surface area contributed by atoms with Crippen LogP contribution in [0.1, 0.15) is 5.94 Å². The second kappa shape index (κ2) is 9.22. The summed E-state index contributed by atoms with van der Waals surface area (Å²) < 4.78 is 27.5. The van der Waals surface area contributed by atoms with E-state index in [1.807, 2.05) is 0 Å². The van der Waals surface area contributed by atoms with E-state index >= 15 is 0 Å². The molecule has 0 saturated carbocycles. The molecule has 0 radical (unpaired) electrons. The molecule has 0 aliphatic rings. The molecule has 214 valence electrons. The molecule has 0 amide bonds. The van der Waals surface area contributed by atoms with Crippen molar-refractivity contribution >= 4 is 65.4 Å². The predicted molar refractivity (Wildman–Crippen MR) is 194 cm³/mol. The molecule has 3 nitrogen and oxygen atoms in total. The highest BCUT2D eigenvalue weighted by atomic mass is 15.0. The van der Waals surface area contributed by atoms with Crippen molar-refractivity contribution in [1.82, 2.24) is 13.7 Å². The first-order valence-corrected chi connectivity index (χ1v) is 15.5. The average molecular weight is 582 g/mol. The topological polar surface area (TPSA) is 14.8 Å². The van der Waals surface area contributed by atoms with Crippen LogP contribution in [0.2, 0.25) is 0 Å². The Labute approximate surface area is 265 Å². The number of benzene rings is 7. The molecule has 3 aromatic heterocycles. The van der Waals surface area contributed by atoms with E-state index in [4.69, 9.17) is 5.94 Å². The van der Waals surface area contributed by atoms with Crippen molar-refractivity contribution in [3.05, 3.63) is 164 Å². The van der Waals surface area contributed by atoms with Gasteiger partial charge in [0.1, 0.15) is 0 Å². The summed E-state index contributed by atoms with van der Waals surface area (Å²) in [6.07, 6.45) is 0. The molecule has 0 spiro atoms. The number of fused-ring (bicyclic) bond motifs is 12. The quantitative estimate of drug-likeness (QED) is 0.197. The predicted octanol–water partition coefficient (Wildman–Crippen LogP) is 11.5. The van der Waals surface area contributed by atoms with Crippen LogP contribution in [0, 0.1) is 0 Å². The van der Waals surface area contributed by atoms with Crippen LogP contribution < -0.4 is 0 Å². The molecule has 0 aliphatic heterocycles. The third-order valence-corrected chi connectivity index (χ3v) is 9.38. The molecular formula is C42H31N3. The van der Waals surface area contributed by atoms with Gasteiger partial charge in [-0.2, -0.15) is 0 Å². The minimum Gasteiger partial charge on any atom is -0.308 e. The van der Waals surface area contributed by atoms with Gasteiger partial charge < -0.3 is 13.7 Å². The lowest BCUT2D eigenvalue weighted by atomic mass is 10.0. The Bertz CT molecular complexity index is 2410. The van der Waals surface area contributed by atoms with Gasteiger partial charge in [-0.1, -0.05) is 109 Å². The Kier molecular flexibility index (Phi) is 4.60. The molecule has 0 unspecified atom stereocenters. The summed E-state index contributed by atoms with van der Waals surface area (Å²) in [6, 6.07) is 59.2. The minimum atomic E-state index is 1.16. The first kappa shape index (κ1) is 22.5. The van der Waals surface area contributed by atoms with Gasteiger partial charge in [-0.05, 0) is 54.6 Å². The van der Waals surface area contributed by atoms with E-state index in [2.05, 4.69) is 177 Å². The van der Waals surface area contributed by atoms with E-state index in [1.165, 1.54) is 65.4 Å². The van der Waals surface area contributed by atoms with Crippen molar-refractivity contribution in [2.75, 3.05) is 0 Å². The molecule has 3 heterocycles. The summed E-state index contributed by atoms with van der Waals surface area (Å²) in [6.45, 7) is 0. The number of nitrogens with zero attached hydrogens (tertiary/aromatic N) is 3. The molecule has 0 bridgehead atoms. The third kappa shape index (κ3) is 3.24. The second-order valence-electron chi connectivity index (χ2n) is 11.7. The first-order chi connectivity index (χ1) is 24.4. The fourth-order valence-electron chi connectivity index (χ4n) is 7.68. The molecule has 0 saturated heterocycles. The van der Waals surface area contributed by atoms with Gasteiger partial charge in [0.25, 0.3) is 0 Å². The number of para-hydroxylation sites is 6. The summed E-state index contributed by atoms with van der Waals surface area (Å²) in [5.41, 5.74) is 10.8. The van der Waals surface area contributed by atoms with Crippen molar-refractivity contribution in [2.45, 2.75) is 0 Å². The molecule has 0 aliphatic carbocycles. The van der Waals surface area contributed by atoms with E-state index in [-0.39, 0.29) is 0 Å². The number of hydrogen-bond donors (Lipinski definition) is 0. The molecular weight excluding hydrogens is 546 g/mol. The lowest BCUT2D eigenvalue weighted by Crippen LogP contribution is -1.97. The molecule has 0 atom stereocenters. The molecule has 0 N–H and O–H groups in total. The second-order valence-corrected chi connectivity index (χ2v) is 11.7. The Hall–Kier alpha value is -6.06. The smallest absolute Gasteiger partial charge is 0.0663 e. The summed E-state index contributed by atoms with van der Waals surface area (Å²) in [7, 11) is 0. The number of hydrogen-bond acceptors (Lipinski definition) is 0. The maximum atomic E-state index is 5.00. The Morgan fingerprint density at radius 3 is 0.822 bits per heavy atom. The highest BCUT2D eigenvalue weighted by Crippen LogP contribution is 2.50. The largest absolute Gasteiger partial charge is 0.308 e. The van der Waals surface area contributed by atoms with Crippen molar-refractivity contribution < 1.29 is 5.94 Å². The van der Waals surface area contributed by atoms with Crippen LogP contribution in [0.5, 0.6) is 0 Å². The van der Waals surface area contributed by atoms with E-state index < -0.39 is 0 Å². The maximum absolute atomic E-state index is 5.00. The van der Waals surface area contributed by atoms with Gasteiger partial charge in [0.2, 0.25) is 0 Å². The molecule has 7 aromatic carbocycles. The highest BCUT2D eigenvalue weighted by Gasteiger charge is 2.28. The Balaban J connectivity index is 0.000000843. The van der Waals surface area contributed by atoms with Crippen LogP contribution >= 0.6 is 0 Å². The van der Waals surface area contributed by atoms with E-state index in [1.54, 1.807) is 0 Å². The van der Waals surface area contributed by atoms with E-state index in [0.29, 0.717) is 0 Å². The normalized spacial score (nSPS) is 12.4. The highest BCUT2D eigenvalue weighted by molar-refractivity contribution is 6.40. The third-order valence-electron chi connectivity index (χ3n) is 9.38. The van der Waals surface area contributed by atoms with Crippen LogP contribution in [-0.4, -0.2) is 13.7 Å². The van der Waals surface area contributed by atoms with E-state index in [0.717, 1.165) is 17.1 Å². The Morgan fingerprint density at radius 2 is 0.533 bits per heavy atom. The van der Waals surface area contributed by atoms with Gasteiger partial charge in [-0.25, -0.2) is 0 Å². The molecule has 10 aromatic rings. The zero-order valence-electron chi connectivity index (χ0n) is 28.4. The number of aromatic nitrogens is 3. The summed E-state index contributed by atoms with van der Waals surface area (Å²) in [5, 5.41) is 7.56. The maximum Gasteiger partial charge on any atom is 0.0663 e. The van der Waals surface area contributed by atoms with Crippen LogP contribution in [0.3, 0.4) is 0 Å². The van der Waals surface area contributed by atoms with Crippen molar-refractivity contribution in [3.63, 3.8) is 0 Å². The van der Waals surface area contributed by atoms with Crippen molar-refractivity contribution in [3.8, 4) is 17.1 Å². The van der Waals surface area contributed by atoms with Gasteiger partial charge >= 0.3 is 0 Å². The summed E-state index contributed by atoms with van der Waals surface area (Å²) in [5.74, 6) is 0. The van der Waals surface area contributed by atoms with Crippen LogP contribution in [-0.2, 0) is 0 Å².